The van der Waals surface area contributed by atoms with Gasteiger partial charge in [0.25, 0.3) is 0 Å². The van der Waals surface area contributed by atoms with E-state index in [2.05, 4.69) is 6.58 Å². The van der Waals surface area contributed by atoms with Gasteiger partial charge in [0.2, 0.25) is 5.91 Å². The average molecular weight is 207 g/mol. The summed E-state index contributed by atoms with van der Waals surface area (Å²) in [5, 5.41) is 9.72. The van der Waals surface area contributed by atoms with E-state index in [1.165, 1.54) is 7.11 Å². The van der Waals surface area contributed by atoms with Gasteiger partial charge in [0.1, 0.15) is 11.9 Å². The minimum absolute atomic E-state index is 0.0387. The molecule has 0 heterocycles. The first-order valence-electron chi connectivity index (χ1n) is 4.37. The average Bonchev–Trinajstić information content (AvgIpc) is 2.27. The summed E-state index contributed by atoms with van der Waals surface area (Å²) >= 11 is 0. The minimum Gasteiger partial charge on any atom is -0.497 e. The largest absolute Gasteiger partial charge is 0.497 e. The highest BCUT2D eigenvalue weighted by Crippen LogP contribution is 2.23. The van der Waals surface area contributed by atoms with E-state index < -0.39 is 12.0 Å². The number of hydrogen-bond acceptors (Lipinski definition) is 3. The van der Waals surface area contributed by atoms with Crippen LogP contribution in [0.4, 0.5) is 0 Å². The third-order valence-corrected chi connectivity index (χ3v) is 2.06. The molecule has 0 unspecified atom stereocenters. The van der Waals surface area contributed by atoms with Gasteiger partial charge < -0.3 is 15.6 Å². The molecular weight excluding hydrogens is 194 g/mol. The highest BCUT2D eigenvalue weighted by atomic mass is 16.5. The van der Waals surface area contributed by atoms with Crippen LogP contribution in [0, 0.1) is 0 Å². The smallest absolute Gasteiger partial charge is 0.247 e. The highest BCUT2D eigenvalue weighted by Gasteiger charge is 2.16. The van der Waals surface area contributed by atoms with Crippen molar-refractivity contribution in [2.75, 3.05) is 7.11 Å². The third-order valence-electron chi connectivity index (χ3n) is 2.06. The van der Waals surface area contributed by atoms with Crippen molar-refractivity contribution < 1.29 is 14.6 Å². The molecule has 0 radical (unpaired) electrons. The molecule has 0 aromatic heterocycles. The molecule has 4 heteroatoms. The van der Waals surface area contributed by atoms with Crippen molar-refractivity contribution in [3.63, 3.8) is 0 Å². The summed E-state index contributed by atoms with van der Waals surface area (Å²) in [7, 11) is 1.52. The maximum Gasteiger partial charge on any atom is 0.247 e. The number of aliphatic hydroxyl groups excluding tert-OH is 1. The topological polar surface area (TPSA) is 72.6 Å². The first-order valence-corrected chi connectivity index (χ1v) is 4.37. The van der Waals surface area contributed by atoms with Gasteiger partial charge in [-0.25, -0.2) is 0 Å². The monoisotopic (exact) mass is 207 g/mol. The molecule has 4 nitrogen and oxygen atoms in total. The molecule has 0 saturated heterocycles. The molecule has 3 N–H and O–H groups in total. The van der Waals surface area contributed by atoms with E-state index >= 15 is 0 Å². The van der Waals surface area contributed by atoms with Gasteiger partial charge in [-0.15, -0.1) is 0 Å². The Morgan fingerprint density at radius 3 is 2.80 bits per heavy atom. The zero-order valence-corrected chi connectivity index (χ0v) is 8.43. The standard InChI is InChI=1S/C11H13NO3/c1-7(11(12)14)10(13)8-4-3-5-9(6-8)15-2/h3-6,10,13H,1H2,2H3,(H2,12,14)/t10-/m1/s1. The Hall–Kier alpha value is -1.81. The minimum atomic E-state index is -1.09. The van der Waals surface area contributed by atoms with E-state index in [4.69, 9.17) is 10.5 Å². The maximum absolute atomic E-state index is 10.8. The zero-order valence-electron chi connectivity index (χ0n) is 8.43. The number of carbonyl (C=O) groups excluding carboxylic acids is 1. The Bertz CT molecular complexity index is 387. The molecule has 1 rings (SSSR count). The lowest BCUT2D eigenvalue weighted by Gasteiger charge is -2.12. The van der Waals surface area contributed by atoms with Crippen molar-refractivity contribution in [1.82, 2.24) is 0 Å². The Kier molecular flexibility index (Phi) is 3.46. The lowest BCUT2D eigenvalue weighted by atomic mass is 10.0. The predicted octanol–water partition coefficient (Wildman–Crippen LogP) is 0.770. The summed E-state index contributed by atoms with van der Waals surface area (Å²) in [4.78, 5) is 10.8. The van der Waals surface area contributed by atoms with Gasteiger partial charge >= 0.3 is 0 Å². The van der Waals surface area contributed by atoms with Crippen LogP contribution in [0.3, 0.4) is 0 Å². The van der Waals surface area contributed by atoms with Crippen LogP contribution in [0.15, 0.2) is 36.4 Å². The fourth-order valence-electron chi connectivity index (χ4n) is 1.15. The number of methoxy groups -OCH3 is 1. The Morgan fingerprint density at radius 1 is 1.60 bits per heavy atom. The number of benzene rings is 1. The quantitative estimate of drug-likeness (QED) is 0.716. The molecular formula is C11H13NO3. The summed E-state index contributed by atoms with van der Waals surface area (Å²) in [6.07, 6.45) is -1.09. The zero-order chi connectivity index (χ0) is 11.4. The summed E-state index contributed by atoms with van der Waals surface area (Å²) in [5.41, 5.74) is 5.50. The molecule has 0 saturated carbocycles. The molecule has 80 valence electrons. The van der Waals surface area contributed by atoms with Crippen molar-refractivity contribution >= 4 is 5.91 Å². The molecule has 0 aliphatic carbocycles. The van der Waals surface area contributed by atoms with Crippen molar-refractivity contribution in [2.45, 2.75) is 6.10 Å². The summed E-state index contributed by atoms with van der Waals surface area (Å²) < 4.78 is 4.99. The first-order chi connectivity index (χ1) is 7.06. The number of rotatable bonds is 4. The second-order valence-corrected chi connectivity index (χ2v) is 3.07. The molecule has 1 aromatic rings. The number of hydrogen-bond donors (Lipinski definition) is 2. The van der Waals surface area contributed by atoms with Crippen molar-refractivity contribution in [3.05, 3.63) is 42.0 Å². The summed E-state index contributed by atoms with van der Waals surface area (Å²) in [5.74, 6) is -0.117. The van der Waals surface area contributed by atoms with Crippen LogP contribution in [-0.4, -0.2) is 18.1 Å². The Labute approximate surface area is 88.0 Å². The Morgan fingerprint density at radius 2 is 2.27 bits per heavy atom. The maximum atomic E-state index is 10.8. The number of ether oxygens (including phenoxy) is 1. The molecule has 1 atom stereocenters. The number of amides is 1. The molecule has 1 aromatic carbocycles. The van der Waals surface area contributed by atoms with Gasteiger partial charge in [0.05, 0.1) is 7.11 Å². The van der Waals surface area contributed by atoms with E-state index in [1.54, 1.807) is 24.3 Å². The van der Waals surface area contributed by atoms with Crippen molar-refractivity contribution in [2.24, 2.45) is 5.73 Å². The highest BCUT2D eigenvalue weighted by molar-refractivity contribution is 5.92. The van der Waals surface area contributed by atoms with Crippen LogP contribution in [0.2, 0.25) is 0 Å². The normalized spacial score (nSPS) is 11.9. The van der Waals surface area contributed by atoms with Crippen LogP contribution in [0.1, 0.15) is 11.7 Å². The molecule has 0 aliphatic rings. The van der Waals surface area contributed by atoms with Crippen LogP contribution >= 0.6 is 0 Å². The fourth-order valence-corrected chi connectivity index (χ4v) is 1.15. The number of primary amides is 1. The second kappa shape index (κ2) is 4.61. The lowest BCUT2D eigenvalue weighted by Crippen LogP contribution is -2.18. The lowest BCUT2D eigenvalue weighted by molar-refractivity contribution is -0.115. The van der Waals surface area contributed by atoms with Crippen molar-refractivity contribution in [1.29, 1.82) is 0 Å². The molecule has 0 spiro atoms. The van der Waals surface area contributed by atoms with Gasteiger partial charge in [-0.1, -0.05) is 18.7 Å². The van der Waals surface area contributed by atoms with Crippen molar-refractivity contribution in [3.8, 4) is 5.75 Å². The van der Waals surface area contributed by atoms with E-state index in [0.717, 1.165) is 0 Å². The second-order valence-electron chi connectivity index (χ2n) is 3.07. The summed E-state index contributed by atoms with van der Waals surface area (Å²) in [6, 6.07) is 6.75. The predicted molar refractivity (Wildman–Crippen MR) is 56.3 cm³/mol. The van der Waals surface area contributed by atoms with Gasteiger partial charge in [-0.2, -0.15) is 0 Å². The van der Waals surface area contributed by atoms with Crippen LogP contribution in [0.5, 0.6) is 5.75 Å². The molecule has 0 fully saturated rings. The summed E-state index contributed by atoms with van der Waals surface area (Å²) in [6.45, 7) is 3.42. The van der Waals surface area contributed by atoms with Gasteiger partial charge in [-0.05, 0) is 17.7 Å². The molecule has 0 aliphatic heterocycles. The number of aliphatic hydroxyl groups is 1. The van der Waals surface area contributed by atoms with Crippen LogP contribution in [-0.2, 0) is 4.79 Å². The SMILES string of the molecule is C=C(C(N)=O)[C@@H](O)c1cccc(OC)c1. The van der Waals surface area contributed by atoms with Crippen LogP contribution < -0.4 is 10.5 Å². The molecule has 15 heavy (non-hydrogen) atoms. The van der Waals surface area contributed by atoms with E-state index in [1.807, 2.05) is 0 Å². The van der Waals surface area contributed by atoms with E-state index in [0.29, 0.717) is 11.3 Å². The number of carbonyl (C=O) groups is 1. The molecule has 1 amide bonds. The third kappa shape index (κ3) is 2.57. The number of nitrogens with two attached hydrogens (primary N) is 1. The van der Waals surface area contributed by atoms with Crippen LogP contribution in [0.25, 0.3) is 0 Å². The first kappa shape index (κ1) is 11.3. The fraction of sp³-hybridized carbons (Fsp3) is 0.182. The molecule has 0 bridgehead atoms. The van der Waals surface area contributed by atoms with Gasteiger partial charge in [0, 0.05) is 5.57 Å². The van der Waals surface area contributed by atoms with Gasteiger partial charge in [-0.3, -0.25) is 4.79 Å². The Balaban J connectivity index is 2.95. The van der Waals surface area contributed by atoms with E-state index in [9.17, 15) is 9.90 Å². The van der Waals surface area contributed by atoms with E-state index in [-0.39, 0.29) is 5.57 Å². The van der Waals surface area contributed by atoms with Gasteiger partial charge in [0.15, 0.2) is 0 Å².